The molecule has 0 spiro atoms. The first kappa shape index (κ1) is 16.4. The zero-order chi connectivity index (χ0) is 16.1. The summed E-state index contributed by atoms with van der Waals surface area (Å²) in [6, 6.07) is 11.7. The van der Waals surface area contributed by atoms with Crippen molar-refractivity contribution in [2.24, 2.45) is 5.92 Å². The molecule has 0 aromatic heterocycles. The molecule has 3 nitrogen and oxygen atoms in total. The van der Waals surface area contributed by atoms with Gasteiger partial charge in [0.25, 0.3) is 0 Å². The molecule has 0 saturated heterocycles. The van der Waals surface area contributed by atoms with Crippen molar-refractivity contribution >= 4 is 11.9 Å². The van der Waals surface area contributed by atoms with Gasteiger partial charge >= 0.3 is 0 Å². The molecule has 2 saturated carbocycles. The fraction of sp³-hybridized carbons (Fsp3) is 0.550. The van der Waals surface area contributed by atoms with Crippen molar-refractivity contribution in [2.75, 3.05) is 13.7 Å². The van der Waals surface area contributed by atoms with Crippen molar-refractivity contribution in [2.45, 2.75) is 50.6 Å². The van der Waals surface area contributed by atoms with E-state index in [1.807, 2.05) is 0 Å². The first-order valence-electron chi connectivity index (χ1n) is 8.78. The van der Waals surface area contributed by atoms with E-state index in [-0.39, 0.29) is 0 Å². The quantitative estimate of drug-likeness (QED) is 0.836. The van der Waals surface area contributed by atoms with Gasteiger partial charge in [0.15, 0.2) is 0 Å². The summed E-state index contributed by atoms with van der Waals surface area (Å²) < 4.78 is 5.29. The van der Waals surface area contributed by atoms with Crippen LogP contribution in [0.3, 0.4) is 0 Å². The van der Waals surface area contributed by atoms with Crippen molar-refractivity contribution in [1.82, 2.24) is 5.32 Å². The summed E-state index contributed by atoms with van der Waals surface area (Å²) in [7, 11) is 1.77. The van der Waals surface area contributed by atoms with E-state index in [2.05, 4.69) is 41.7 Å². The zero-order valence-corrected chi connectivity index (χ0v) is 14.0. The third-order valence-electron chi connectivity index (χ3n) is 5.01. The second-order valence-corrected chi connectivity index (χ2v) is 6.80. The molecule has 1 aromatic carbocycles. The first-order valence-corrected chi connectivity index (χ1v) is 8.78. The molecular formula is C20H27NO2. The highest BCUT2D eigenvalue weighted by molar-refractivity contribution is 5.79. The summed E-state index contributed by atoms with van der Waals surface area (Å²) in [5, 5.41) is 3.77. The number of ketones is 1. The Balaban J connectivity index is 1.58. The molecule has 0 bridgehead atoms. The number of Topliss-reactive ketones (excluding diaryl/α,β-unsaturated/α-hetero) is 1. The number of nitrogens with one attached hydrogen (secondary N) is 1. The summed E-state index contributed by atoms with van der Waals surface area (Å²) in [5.74, 6) is 1.06. The average molecular weight is 313 g/mol. The van der Waals surface area contributed by atoms with Crippen LogP contribution >= 0.6 is 0 Å². The second kappa shape index (κ2) is 7.89. The number of rotatable bonds is 7. The number of methoxy groups -OCH3 is 1. The molecule has 2 fully saturated rings. The molecular weight excluding hydrogens is 286 g/mol. The van der Waals surface area contributed by atoms with Gasteiger partial charge in [0.1, 0.15) is 5.78 Å². The second-order valence-electron chi connectivity index (χ2n) is 6.80. The van der Waals surface area contributed by atoms with Gasteiger partial charge in [-0.05, 0) is 37.2 Å². The molecule has 3 heteroatoms. The van der Waals surface area contributed by atoms with E-state index in [4.69, 9.17) is 4.74 Å². The lowest BCUT2D eigenvalue weighted by atomic mass is 9.94. The third kappa shape index (κ3) is 4.76. The predicted molar refractivity (Wildman–Crippen MR) is 93.2 cm³/mol. The normalized spacial score (nSPS) is 25.6. The van der Waals surface area contributed by atoms with Gasteiger partial charge in [-0.2, -0.15) is 0 Å². The van der Waals surface area contributed by atoms with Crippen molar-refractivity contribution in [3.8, 4) is 0 Å². The lowest BCUT2D eigenvalue weighted by molar-refractivity contribution is -0.120. The standard InChI is InChI=1S/C20H27NO2/c1-23-12-11-16(13-15-5-3-2-4-6-15)19-14-20(19)21-17-7-9-18(22)10-8-17/h2-6,13,17,19-21H,7-12,14H2,1H3/b16-13+/t19-,20+/m0/s1. The Hall–Kier alpha value is -1.45. The van der Waals surface area contributed by atoms with E-state index < -0.39 is 0 Å². The van der Waals surface area contributed by atoms with Gasteiger partial charge in [-0.3, -0.25) is 4.79 Å². The largest absolute Gasteiger partial charge is 0.384 e. The van der Waals surface area contributed by atoms with Gasteiger partial charge in [-0.25, -0.2) is 0 Å². The van der Waals surface area contributed by atoms with Gasteiger partial charge in [-0.1, -0.05) is 42.0 Å². The molecule has 1 N–H and O–H groups in total. The number of carbonyl (C=O) groups is 1. The number of benzene rings is 1. The Bertz CT molecular complexity index is 542. The predicted octanol–water partition coefficient (Wildman–Crippen LogP) is 3.60. The average Bonchev–Trinajstić information content (AvgIpc) is 3.34. The van der Waals surface area contributed by atoms with E-state index in [0.717, 1.165) is 38.7 Å². The maximum Gasteiger partial charge on any atom is 0.133 e. The topological polar surface area (TPSA) is 38.3 Å². The van der Waals surface area contributed by atoms with Crippen LogP contribution in [-0.4, -0.2) is 31.6 Å². The minimum atomic E-state index is 0.431. The Morgan fingerprint density at radius 3 is 2.70 bits per heavy atom. The van der Waals surface area contributed by atoms with E-state index in [1.54, 1.807) is 7.11 Å². The van der Waals surface area contributed by atoms with Crippen LogP contribution in [0.15, 0.2) is 35.9 Å². The molecule has 0 amide bonds. The van der Waals surface area contributed by atoms with Gasteiger partial charge in [0, 0.05) is 38.6 Å². The summed E-state index contributed by atoms with van der Waals surface area (Å²) in [4.78, 5) is 11.4. The zero-order valence-electron chi connectivity index (χ0n) is 14.0. The summed E-state index contributed by atoms with van der Waals surface area (Å²) in [6.07, 6.45) is 8.08. The molecule has 124 valence electrons. The van der Waals surface area contributed by atoms with E-state index in [9.17, 15) is 4.79 Å². The molecule has 2 atom stereocenters. The number of ether oxygens (including phenoxy) is 1. The summed E-state index contributed by atoms with van der Waals surface area (Å²) >= 11 is 0. The van der Waals surface area contributed by atoms with Crippen molar-refractivity contribution in [1.29, 1.82) is 0 Å². The molecule has 0 unspecified atom stereocenters. The van der Waals surface area contributed by atoms with Crippen molar-refractivity contribution in [3.05, 3.63) is 41.5 Å². The molecule has 0 heterocycles. The molecule has 0 aliphatic heterocycles. The van der Waals surface area contributed by atoms with Crippen molar-refractivity contribution < 1.29 is 9.53 Å². The van der Waals surface area contributed by atoms with Crippen LogP contribution in [-0.2, 0) is 9.53 Å². The van der Waals surface area contributed by atoms with E-state index >= 15 is 0 Å². The first-order chi connectivity index (χ1) is 11.3. The number of carbonyl (C=O) groups excluding carboxylic acids is 1. The maximum atomic E-state index is 11.4. The Kier molecular flexibility index (Phi) is 5.63. The van der Waals surface area contributed by atoms with Gasteiger partial charge in [0.05, 0.1) is 0 Å². The van der Waals surface area contributed by atoms with E-state index in [1.165, 1.54) is 17.6 Å². The highest BCUT2D eigenvalue weighted by Crippen LogP contribution is 2.40. The van der Waals surface area contributed by atoms with Crippen LogP contribution in [0.1, 0.15) is 44.1 Å². The third-order valence-corrected chi connectivity index (χ3v) is 5.01. The lowest BCUT2D eigenvalue weighted by Gasteiger charge is -2.22. The van der Waals surface area contributed by atoms with Gasteiger partial charge in [0.2, 0.25) is 0 Å². The molecule has 2 aliphatic rings. The fourth-order valence-corrected chi connectivity index (χ4v) is 3.55. The highest BCUT2D eigenvalue weighted by atomic mass is 16.5. The monoisotopic (exact) mass is 313 g/mol. The molecule has 3 rings (SSSR count). The minimum absolute atomic E-state index is 0.431. The fourth-order valence-electron chi connectivity index (χ4n) is 3.55. The van der Waals surface area contributed by atoms with Crippen LogP contribution in [0.4, 0.5) is 0 Å². The van der Waals surface area contributed by atoms with Crippen LogP contribution in [0, 0.1) is 5.92 Å². The SMILES string of the molecule is COCC/C(=C\c1ccccc1)[C@@H]1C[C@H]1NC1CCC(=O)CC1. The van der Waals surface area contributed by atoms with Gasteiger partial charge in [-0.15, -0.1) is 0 Å². The van der Waals surface area contributed by atoms with Crippen LogP contribution in [0.5, 0.6) is 0 Å². The molecule has 2 aliphatic carbocycles. The Morgan fingerprint density at radius 2 is 2.00 bits per heavy atom. The van der Waals surface area contributed by atoms with Crippen molar-refractivity contribution in [3.63, 3.8) is 0 Å². The molecule has 0 radical (unpaired) electrons. The van der Waals surface area contributed by atoms with Crippen LogP contribution in [0.2, 0.25) is 0 Å². The Labute approximate surface area is 139 Å². The van der Waals surface area contributed by atoms with E-state index in [0.29, 0.717) is 23.8 Å². The number of hydrogen-bond donors (Lipinski definition) is 1. The van der Waals surface area contributed by atoms with Crippen LogP contribution in [0.25, 0.3) is 6.08 Å². The maximum absolute atomic E-state index is 11.4. The summed E-state index contributed by atoms with van der Waals surface area (Å²) in [6.45, 7) is 0.778. The number of hydrogen-bond acceptors (Lipinski definition) is 3. The smallest absolute Gasteiger partial charge is 0.133 e. The molecule has 23 heavy (non-hydrogen) atoms. The highest BCUT2D eigenvalue weighted by Gasteiger charge is 2.40. The molecule has 1 aromatic rings. The minimum Gasteiger partial charge on any atom is -0.384 e. The van der Waals surface area contributed by atoms with Crippen LogP contribution < -0.4 is 5.32 Å². The lowest BCUT2D eigenvalue weighted by Crippen LogP contribution is -2.35. The Morgan fingerprint density at radius 1 is 1.26 bits per heavy atom. The summed E-state index contributed by atoms with van der Waals surface area (Å²) in [5.41, 5.74) is 2.76. The van der Waals surface area contributed by atoms with Gasteiger partial charge < -0.3 is 10.1 Å².